The predicted molar refractivity (Wildman–Crippen MR) is 86.5 cm³/mol. The summed E-state index contributed by atoms with van der Waals surface area (Å²) >= 11 is 0. The highest BCUT2D eigenvalue weighted by Crippen LogP contribution is 2.20. The van der Waals surface area contributed by atoms with Crippen LogP contribution >= 0.6 is 0 Å². The van der Waals surface area contributed by atoms with Gasteiger partial charge in [-0.2, -0.15) is 0 Å². The molecule has 0 aromatic carbocycles. The number of aromatic nitrogens is 1. The van der Waals surface area contributed by atoms with E-state index >= 15 is 0 Å². The average Bonchev–Trinajstić information content (AvgIpc) is 2.53. The molecule has 2 heterocycles. The lowest BCUT2D eigenvalue weighted by Crippen LogP contribution is -2.48. The van der Waals surface area contributed by atoms with Crippen LogP contribution in [0.25, 0.3) is 6.08 Å². The molecule has 0 aliphatic carbocycles. The Morgan fingerprint density at radius 1 is 1.35 bits per heavy atom. The monoisotopic (exact) mass is 319 g/mol. The van der Waals surface area contributed by atoms with Gasteiger partial charge in [0.2, 0.25) is 0 Å². The van der Waals surface area contributed by atoms with E-state index in [1.807, 2.05) is 13.0 Å². The molecule has 23 heavy (non-hydrogen) atoms. The van der Waals surface area contributed by atoms with E-state index in [2.05, 4.69) is 9.88 Å². The number of anilines is 1. The van der Waals surface area contributed by atoms with Gasteiger partial charge in [0, 0.05) is 38.5 Å². The van der Waals surface area contributed by atoms with E-state index in [0.717, 1.165) is 16.9 Å². The van der Waals surface area contributed by atoms with Crippen LogP contribution in [-0.2, 0) is 9.53 Å². The maximum atomic E-state index is 11.3. The summed E-state index contributed by atoms with van der Waals surface area (Å²) in [5, 5.41) is 8.97. The standard InChI is InChI=1S/C16H21N3O4/c1-3-23-14(20)5-4-13-10-12(2)15(17-11-13)18-6-8-19(9-7-18)16(21)22/h4-5,10-11H,3,6-9H2,1-2H3,(H,21,22)/b5-4+. The van der Waals surface area contributed by atoms with Gasteiger partial charge in [0.05, 0.1) is 6.61 Å². The highest BCUT2D eigenvalue weighted by atomic mass is 16.5. The zero-order valence-corrected chi connectivity index (χ0v) is 13.4. The first-order chi connectivity index (χ1) is 11.0. The van der Waals surface area contributed by atoms with E-state index in [0.29, 0.717) is 32.8 Å². The fourth-order valence-corrected chi connectivity index (χ4v) is 2.48. The second kappa shape index (κ2) is 7.62. The number of aryl methyl sites for hydroxylation is 1. The van der Waals surface area contributed by atoms with E-state index in [1.54, 1.807) is 19.2 Å². The van der Waals surface area contributed by atoms with Crippen LogP contribution in [0.1, 0.15) is 18.1 Å². The molecule has 0 atom stereocenters. The number of carbonyl (C=O) groups is 2. The first-order valence-electron chi connectivity index (χ1n) is 7.55. The van der Waals surface area contributed by atoms with E-state index in [1.165, 1.54) is 11.0 Å². The molecule has 2 rings (SSSR count). The normalized spacial score (nSPS) is 15.0. The molecule has 0 spiro atoms. The second-order valence-corrected chi connectivity index (χ2v) is 5.25. The molecule has 0 unspecified atom stereocenters. The van der Waals surface area contributed by atoms with Crippen LogP contribution in [0.15, 0.2) is 18.3 Å². The number of carbonyl (C=O) groups excluding carboxylic acids is 1. The zero-order valence-electron chi connectivity index (χ0n) is 13.4. The van der Waals surface area contributed by atoms with Gasteiger partial charge in [-0.1, -0.05) is 0 Å². The van der Waals surface area contributed by atoms with Crippen molar-refractivity contribution < 1.29 is 19.4 Å². The summed E-state index contributed by atoms with van der Waals surface area (Å²) in [6, 6.07) is 1.95. The summed E-state index contributed by atoms with van der Waals surface area (Å²) in [5.41, 5.74) is 1.81. The van der Waals surface area contributed by atoms with Crippen LogP contribution in [0.4, 0.5) is 10.6 Å². The third-order valence-electron chi connectivity index (χ3n) is 3.62. The van der Waals surface area contributed by atoms with Crippen molar-refractivity contribution >= 4 is 24.0 Å². The predicted octanol–water partition coefficient (Wildman–Crippen LogP) is 1.77. The Balaban J connectivity index is 2.03. The van der Waals surface area contributed by atoms with Crippen LogP contribution in [0.5, 0.6) is 0 Å². The number of esters is 1. The van der Waals surface area contributed by atoms with Crippen molar-refractivity contribution in [2.24, 2.45) is 0 Å². The van der Waals surface area contributed by atoms with Crippen molar-refractivity contribution in [1.82, 2.24) is 9.88 Å². The summed E-state index contributed by atoms with van der Waals surface area (Å²) < 4.78 is 4.84. The molecule has 0 saturated carbocycles. The molecule has 0 radical (unpaired) electrons. The number of nitrogens with zero attached hydrogens (tertiary/aromatic N) is 3. The van der Waals surface area contributed by atoms with Gasteiger partial charge < -0.3 is 19.6 Å². The summed E-state index contributed by atoms with van der Waals surface area (Å²) in [5.74, 6) is 0.474. The van der Waals surface area contributed by atoms with Crippen molar-refractivity contribution in [3.05, 3.63) is 29.5 Å². The summed E-state index contributed by atoms with van der Waals surface area (Å²) in [4.78, 5) is 30.2. The first-order valence-corrected chi connectivity index (χ1v) is 7.55. The minimum atomic E-state index is -0.881. The molecule has 0 bridgehead atoms. The first kappa shape index (κ1) is 16.8. The molecule has 124 valence electrons. The molecule has 1 saturated heterocycles. The third kappa shape index (κ3) is 4.45. The van der Waals surface area contributed by atoms with Gasteiger partial charge in [-0.3, -0.25) is 0 Å². The van der Waals surface area contributed by atoms with Crippen molar-refractivity contribution in [1.29, 1.82) is 0 Å². The Hall–Kier alpha value is -2.57. The SMILES string of the molecule is CCOC(=O)/C=C/c1cnc(N2CCN(C(=O)O)CC2)c(C)c1. The van der Waals surface area contributed by atoms with Crippen molar-refractivity contribution in [2.45, 2.75) is 13.8 Å². The molecule has 1 aromatic rings. The number of amides is 1. The Morgan fingerprint density at radius 2 is 2.04 bits per heavy atom. The van der Waals surface area contributed by atoms with E-state index < -0.39 is 6.09 Å². The molecule has 7 nitrogen and oxygen atoms in total. The fraction of sp³-hybridized carbons (Fsp3) is 0.438. The Bertz CT molecular complexity index is 607. The third-order valence-corrected chi connectivity index (χ3v) is 3.62. The van der Waals surface area contributed by atoms with Crippen molar-refractivity contribution in [2.75, 3.05) is 37.7 Å². The fourth-order valence-electron chi connectivity index (χ4n) is 2.48. The van der Waals surface area contributed by atoms with Crippen LogP contribution in [0.3, 0.4) is 0 Å². The summed E-state index contributed by atoms with van der Waals surface area (Å²) in [7, 11) is 0. The molecule has 1 aliphatic rings. The number of pyridine rings is 1. The molecule has 7 heteroatoms. The van der Waals surface area contributed by atoms with Crippen LogP contribution < -0.4 is 4.90 Å². The lowest BCUT2D eigenvalue weighted by molar-refractivity contribution is -0.137. The van der Waals surface area contributed by atoms with Gasteiger partial charge in [-0.25, -0.2) is 14.6 Å². The molecule has 1 aliphatic heterocycles. The number of hydrogen-bond donors (Lipinski definition) is 1. The Morgan fingerprint density at radius 3 is 2.61 bits per heavy atom. The van der Waals surface area contributed by atoms with E-state index in [4.69, 9.17) is 9.84 Å². The maximum Gasteiger partial charge on any atom is 0.407 e. The van der Waals surface area contributed by atoms with E-state index in [9.17, 15) is 9.59 Å². The van der Waals surface area contributed by atoms with Crippen molar-refractivity contribution in [3.63, 3.8) is 0 Å². The number of ether oxygens (including phenoxy) is 1. The number of rotatable bonds is 4. The lowest BCUT2D eigenvalue weighted by Gasteiger charge is -2.34. The molecule has 1 amide bonds. The summed E-state index contributed by atoms with van der Waals surface area (Å²) in [6.45, 7) is 6.25. The Kier molecular flexibility index (Phi) is 5.56. The number of carboxylic acid groups (broad SMARTS) is 1. The Labute approximate surface area is 135 Å². The van der Waals surface area contributed by atoms with E-state index in [-0.39, 0.29) is 5.97 Å². The second-order valence-electron chi connectivity index (χ2n) is 5.25. The minimum absolute atomic E-state index is 0.349. The zero-order chi connectivity index (χ0) is 16.8. The quantitative estimate of drug-likeness (QED) is 0.672. The van der Waals surface area contributed by atoms with Crippen LogP contribution in [0, 0.1) is 6.92 Å². The van der Waals surface area contributed by atoms with Gasteiger partial charge in [0.1, 0.15) is 5.82 Å². The molecule has 1 fully saturated rings. The highest BCUT2D eigenvalue weighted by molar-refractivity contribution is 5.87. The smallest absolute Gasteiger partial charge is 0.407 e. The molecule has 1 N–H and O–H groups in total. The largest absolute Gasteiger partial charge is 0.465 e. The topological polar surface area (TPSA) is 83.0 Å². The summed E-state index contributed by atoms with van der Waals surface area (Å²) in [6.07, 6.45) is 3.87. The highest BCUT2D eigenvalue weighted by Gasteiger charge is 2.22. The van der Waals surface area contributed by atoms with Crippen LogP contribution in [-0.4, -0.2) is 59.8 Å². The van der Waals surface area contributed by atoms with Crippen molar-refractivity contribution in [3.8, 4) is 0 Å². The molecule has 1 aromatic heterocycles. The lowest BCUT2D eigenvalue weighted by atomic mass is 10.1. The minimum Gasteiger partial charge on any atom is -0.465 e. The van der Waals surface area contributed by atoms with Gasteiger partial charge in [-0.05, 0) is 37.1 Å². The number of hydrogen-bond acceptors (Lipinski definition) is 5. The van der Waals surface area contributed by atoms with Gasteiger partial charge in [-0.15, -0.1) is 0 Å². The van der Waals surface area contributed by atoms with Gasteiger partial charge in [0.15, 0.2) is 0 Å². The van der Waals surface area contributed by atoms with Crippen LogP contribution in [0.2, 0.25) is 0 Å². The molecular weight excluding hydrogens is 298 g/mol. The maximum absolute atomic E-state index is 11.3. The van der Waals surface area contributed by atoms with Gasteiger partial charge in [0.25, 0.3) is 0 Å². The van der Waals surface area contributed by atoms with Gasteiger partial charge >= 0.3 is 12.1 Å². The number of piperazine rings is 1. The molecular formula is C16H21N3O4. The average molecular weight is 319 g/mol.